The second-order valence-electron chi connectivity index (χ2n) is 5.02. The van der Waals surface area contributed by atoms with Crippen molar-refractivity contribution in [1.29, 1.82) is 0 Å². The standard InChI is InChI=1S/C13H27NO2/c1-12(2)10-14-7-3-4-8-15-11-13-6-5-9-16-13/h12-14H,3-11H2,1-2H3. The van der Waals surface area contributed by atoms with Gasteiger partial charge in [0.15, 0.2) is 0 Å². The Labute approximate surface area is 99.9 Å². The van der Waals surface area contributed by atoms with E-state index >= 15 is 0 Å². The molecule has 0 aromatic rings. The molecule has 1 atom stereocenters. The molecule has 16 heavy (non-hydrogen) atoms. The monoisotopic (exact) mass is 229 g/mol. The maximum Gasteiger partial charge on any atom is 0.0809 e. The molecule has 1 aliphatic rings. The molecule has 1 rings (SSSR count). The predicted octanol–water partition coefficient (Wildman–Crippen LogP) is 2.21. The van der Waals surface area contributed by atoms with Gasteiger partial charge in [-0.3, -0.25) is 0 Å². The molecule has 1 heterocycles. The first-order valence-electron chi connectivity index (χ1n) is 6.69. The molecular formula is C13H27NO2. The summed E-state index contributed by atoms with van der Waals surface area (Å²) < 4.78 is 11.1. The van der Waals surface area contributed by atoms with E-state index in [1.54, 1.807) is 0 Å². The van der Waals surface area contributed by atoms with Gasteiger partial charge >= 0.3 is 0 Å². The zero-order chi connectivity index (χ0) is 11.6. The Hall–Kier alpha value is -0.120. The number of hydrogen-bond acceptors (Lipinski definition) is 3. The number of nitrogens with one attached hydrogen (secondary N) is 1. The van der Waals surface area contributed by atoms with Gasteiger partial charge in [-0.25, -0.2) is 0 Å². The van der Waals surface area contributed by atoms with Gasteiger partial charge in [-0.2, -0.15) is 0 Å². The van der Waals surface area contributed by atoms with Crippen LogP contribution in [0.2, 0.25) is 0 Å². The lowest BCUT2D eigenvalue weighted by molar-refractivity contribution is 0.0162. The van der Waals surface area contributed by atoms with Gasteiger partial charge in [-0.15, -0.1) is 0 Å². The maximum atomic E-state index is 5.59. The van der Waals surface area contributed by atoms with Crippen molar-refractivity contribution in [1.82, 2.24) is 5.32 Å². The molecule has 0 amide bonds. The molecule has 0 aromatic heterocycles. The molecule has 96 valence electrons. The zero-order valence-electron chi connectivity index (χ0n) is 10.8. The third-order valence-electron chi connectivity index (χ3n) is 2.77. The fraction of sp³-hybridized carbons (Fsp3) is 1.00. The van der Waals surface area contributed by atoms with Crippen molar-refractivity contribution in [3.05, 3.63) is 0 Å². The number of ether oxygens (including phenoxy) is 2. The quantitative estimate of drug-likeness (QED) is 0.615. The topological polar surface area (TPSA) is 30.5 Å². The Morgan fingerprint density at radius 1 is 1.38 bits per heavy atom. The van der Waals surface area contributed by atoms with Crippen LogP contribution in [0.4, 0.5) is 0 Å². The molecule has 3 nitrogen and oxygen atoms in total. The molecule has 0 radical (unpaired) electrons. The number of rotatable bonds is 9. The summed E-state index contributed by atoms with van der Waals surface area (Å²) in [6, 6.07) is 0. The summed E-state index contributed by atoms with van der Waals surface area (Å²) in [5, 5.41) is 3.44. The summed E-state index contributed by atoms with van der Waals surface area (Å²) in [6.45, 7) is 9.30. The van der Waals surface area contributed by atoms with E-state index in [0.717, 1.165) is 45.2 Å². The molecule has 0 spiro atoms. The molecule has 0 aliphatic carbocycles. The SMILES string of the molecule is CC(C)CNCCCCOCC1CCCO1. The van der Waals surface area contributed by atoms with Crippen LogP contribution in [0.3, 0.4) is 0 Å². The Balaban J connectivity index is 1.74. The van der Waals surface area contributed by atoms with E-state index in [2.05, 4.69) is 19.2 Å². The maximum absolute atomic E-state index is 5.59. The van der Waals surface area contributed by atoms with Crippen LogP contribution >= 0.6 is 0 Å². The van der Waals surface area contributed by atoms with Crippen LogP contribution in [0.1, 0.15) is 39.5 Å². The molecule has 1 fully saturated rings. The van der Waals surface area contributed by atoms with Crippen LogP contribution < -0.4 is 5.32 Å². The normalized spacial score (nSPS) is 20.8. The predicted molar refractivity (Wildman–Crippen MR) is 66.7 cm³/mol. The summed E-state index contributed by atoms with van der Waals surface area (Å²) in [5.41, 5.74) is 0. The Morgan fingerprint density at radius 3 is 2.94 bits per heavy atom. The van der Waals surface area contributed by atoms with E-state index in [9.17, 15) is 0 Å². The fourth-order valence-electron chi connectivity index (χ4n) is 1.84. The van der Waals surface area contributed by atoms with Crippen LogP contribution in [0.15, 0.2) is 0 Å². The van der Waals surface area contributed by atoms with E-state index in [-0.39, 0.29) is 0 Å². The highest BCUT2D eigenvalue weighted by Crippen LogP contribution is 2.11. The Morgan fingerprint density at radius 2 is 2.25 bits per heavy atom. The summed E-state index contributed by atoms with van der Waals surface area (Å²) >= 11 is 0. The number of unbranched alkanes of at least 4 members (excludes halogenated alkanes) is 1. The van der Waals surface area contributed by atoms with Crippen molar-refractivity contribution in [3.8, 4) is 0 Å². The Bertz CT molecular complexity index is 156. The van der Waals surface area contributed by atoms with Gasteiger partial charge in [-0.05, 0) is 44.7 Å². The van der Waals surface area contributed by atoms with E-state index in [1.807, 2.05) is 0 Å². The highest BCUT2D eigenvalue weighted by Gasteiger charge is 2.14. The van der Waals surface area contributed by atoms with Gasteiger partial charge in [0.1, 0.15) is 0 Å². The molecule has 0 bridgehead atoms. The first-order valence-corrected chi connectivity index (χ1v) is 6.69. The second-order valence-corrected chi connectivity index (χ2v) is 5.02. The van der Waals surface area contributed by atoms with Crippen LogP contribution in [0, 0.1) is 5.92 Å². The Kier molecular flexibility index (Phi) is 7.81. The van der Waals surface area contributed by atoms with Gasteiger partial charge in [0.2, 0.25) is 0 Å². The first-order chi connectivity index (χ1) is 7.79. The van der Waals surface area contributed by atoms with Crippen LogP contribution in [-0.4, -0.2) is 39.0 Å². The third kappa shape index (κ3) is 7.20. The van der Waals surface area contributed by atoms with Crippen molar-refractivity contribution in [3.63, 3.8) is 0 Å². The smallest absolute Gasteiger partial charge is 0.0809 e. The average Bonchev–Trinajstić information content (AvgIpc) is 2.74. The van der Waals surface area contributed by atoms with Gasteiger partial charge < -0.3 is 14.8 Å². The lowest BCUT2D eigenvalue weighted by Crippen LogP contribution is -2.21. The minimum absolute atomic E-state index is 0.374. The molecule has 0 saturated carbocycles. The van der Waals surface area contributed by atoms with Gasteiger partial charge in [0.05, 0.1) is 12.7 Å². The van der Waals surface area contributed by atoms with Crippen molar-refractivity contribution in [2.45, 2.75) is 45.6 Å². The van der Waals surface area contributed by atoms with Gasteiger partial charge in [0.25, 0.3) is 0 Å². The molecular weight excluding hydrogens is 202 g/mol. The summed E-state index contributed by atoms with van der Waals surface area (Å²) in [7, 11) is 0. The lowest BCUT2D eigenvalue weighted by atomic mass is 10.2. The highest BCUT2D eigenvalue weighted by atomic mass is 16.5. The second kappa shape index (κ2) is 8.97. The van der Waals surface area contributed by atoms with Crippen molar-refractivity contribution in [2.75, 3.05) is 32.9 Å². The van der Waals surface area contributed by atoms with E-state index in [0.29, 0.717) is 6.10 Å². The first kappa shape index (κ1) is 13.9. The molecule has 1 unspecified atom stereocenters. The van der Waals surface area contributed by atoms with Crippen molar-refractivity contribution in [2.24, 2.45) is 5.92 Å². The summed E-state index contributed by atoms with van der Waals surface area (Å²) in [4.78, 5) is 0. The van der Waals surface area contributed by atoms with Gasteiger partial charge in [0, 0.05) is 13.2 Å². The third-order valence-corrected chi connectivity index (χ3v) is 2.77. The van der Waals surface area contributed by atoms with E-state index in [1.165, 1.54) is 19.3 Å². The lowest BCUT2D eigenvalue weighted by Gasteiger charge is -2.10. The van der Waals surface area contributed by atoms with E-state index in [4.69, 9.17) is 9.47 Å². The van der Waals surface area contributed by atoms with Crippen molar-refractivity contribution < 1.29 is 9.47 Å². The average molecular weight is 229 g/mol. The van der Waals surface area contributed by atoms with Crippen LogP contribution in [-0.2, 0) is 9.47 Å². The summed E-state index contributed by atoms with van der Waals surface area (Å²) in [6.07, 6.45) is 5.11. The zero-order valence-corrected chi connectivity index (χ0v) is 10.8. The van der Waals surface area contributed by atoms with Crippen LogP contribution in [0.5, 0.6) is 0 Å². The molecule has 1 aliphatic heterocycles. The fourth-order valence-corrected chi connectivity index (χ4v) is 1.84. The van der Waals surface area contributed by atoms with Gasteiger partial charge in [-0.1, -0.05) is 13.8 Å². The molecule has 1 N–H and O–H groups in total. The largest absolute Gasteiger partial charge is 0.379 e. The van der Waals surface area contributed by atoms with Crippen LogP contribution in [0.25, 0.3) is 0 Å². The minimum Gasteiger partial charge on any atom is -0.379 e. The molecule has 0 aromatic carbocycles. The summed E-state index contributed by atoms with van der Waals surface area (Å²) in [5.74, 6) is 0.746. The highest BCUT2D eigenvalue weighted by molar-refractivity contribution is 4.63. The van der Waals surface area contributed by atoms with Crippen molar-refractivity contribution >= 4 is 0 Å². The molecule has 1 saturated heterocycles. The molecule has 3 heteroatoms. The van der Waals surface area contributed by atoms with E-state index < -0.39 is 0 Å². The minimum atomic E-state index is 0.374. The number of hydrogen-bond donors (Lipinski definition) is 1.